The van der Waals surface area contributed by atoms with Gasteiger partial charge in [-0.1, -0.05) is 69.8 Å². The van der Waals surface area contributed by atoms with E-state index in [0.717, 1.165) is 25.7 Å². The molecule has 0 saturated carbocycles. The van der Waals surface area contributed by atoms with Crippen molar-refractivity contribution in [2.24, 2.45) is 0 Å². The Hall–Kier alpha value is -1.29. The molecule has 27 heavy (non-hydrogen) atoms. The molecule has 0 radical (unpaired) electrons. The quantitative estimate of drug-likeness (QED) is 0.143. The monoisotopic (exact) mass is 382 g/mol. The van der Waals surface area contributed by atoms with Crippen LogP contribution in [0.5, 0.6) is 0 Å². The number of allylic oxidation sites excluding steroid dienone is 4. The normalized spacial score (nSPS) is 12.8. The van der Waals surface area contributed by atoms with Crippen molar-refractivity contribution in [1.82, 2.24) is 0 Å². The number of unbranched alkanes of at least 4 members (excludes halogenated alkanes) is 9. The van der Waals surface area contributed by atoms with Crippen LogP contribution in [0.15, 0.2) is 24.3 Å². The molecule has 0 fully saturated rings. The summed E-state index contributed by atoms with van der Waals surface area (Å²) in [6, 6.07) is 0. The van der Waals surface area contributed by atoms with Crippen molar-refractivity contribution in [2.75, 3.05) is 6.61 Å². The molecule has 0 bridgehead atoms. The largest absolute Gasteiger partial charge is 0.506 e. The lowest BCUT2D eigenvalue weighted by atomic mass is 10.0. The maximum absolute atomic E-state index is 10.7. The summed E-state index contributed by atoms with van der Waals surface area (Å²) < 4.78 is 4.87. The second-order valence-electron chi connectivity index (χ2n) is 7.24. The zero-order valence-corrected chi connectivity index (χ0v) is 17.4. The van der Waals surface area contributed by atoms with Crippen LogP contribution in [0.2, 0.25) is 0 Å². The van der Waals surface area contributed by atoms with Crippen molar-refractivity contribution in [3.63, 3.8) is 0 Å². The van der Waals surface area contributed by atoms with E-state index in [2.05, 4.69) is 31.2 Å². The molecule has 0 spiro atoms. The summed E-state index contributed by atoms with van der Waals surface area (Å²) in [6.45, 7) is 2.32. The average molecular weight is 383 g/mol. The van der Waals surface area contributed by atoms with E-state index < -0.39 is 6.16 Å². The molecular formula is C23H42O4. The predicted molar refractivity (Wildman–Crippen MR) is 113 cm³/mol. The Kier molecular flexibility index (Phi) is 20.0. The van der Waals surface area contributed by atoms with Gasteiger partial charge in [-0.3, -0.25) is 0 Å². The molecule has 4 heteroatoms. The molecule has 0 aliphatic carbocycles. The molecule has 0 aliphatic rings. The van der Waals surface area contributed by atoms with Gasteiger partial charge in [-0.05, 0) is 57.8 Å². The number of aliphatic hydroxyl groups excluding tert-OH is 1. The Morgan fingerprint density at radius 2 is 1.37 bits per heavy atom. The van der Waals surface area contributed by atoms with Crippen molar-refractivity contribution >= 4 is 6.16 Å². The van der Waals surface area contributed by atoms with Gasteiger partial charge in [0.1, 0.15) is 6.10 Å². The molecule has 2 N–H and O–H groups in total. The summed E-state index contributed by atoms with van der Waals surface area (Å²) in [4.78, 5) is 10.7. The van der Waals surface area contributed by atoms with E-state index in [1.165, 1.54) is 57.8 Å². The highest BCUT2D eigenvalue weighted by molar-refractivity contribution is 5.57. The maximum Gasteiger partial charge on any atom is 0.506 e. The summed E-state index contributed by atoms with van der Waals surface area (Å²) in [5.74, 6) is 0. The van der Waals surface area contributed by atoms with Crippen LogP contribution in [-0.4, -0.2) is 29.1 Å². The molecule has 0 saturated heterocycles. The SMILES string of the molecule is CCCCCC=CCC=CCCCCCCCCC(CCCO)OC(=O)O. The molecule has 0 aliphatic heterocycles. The topological polar surface area (TPSA) is 66.8 Å². The third-order valence-corrected chi connectivity index (χ3v) is 4.68. The highest BCUT2D eigenvalue weighted by Crippen LogP contribution is 2.14. The average Bonchev–Trinajstić information content (AvgIpc) is 2.65. The zero-order valence-electron chi connectivity index (χ0n) is 17.4. The van der Waals surface area contributed by atoms with Crippen molar-refractivity contribution in [1.29, 1.82) is 0 Å². The van der Waals surface area contributed by atoms with E-state index in [0.29, 0.717) is 12.8 Å². The summed E-state index contributed by atoms with van der Waals surface area (Å²) >= 11 is 0. The Morgan fingerprint density at radius 3 is 1.96 bits per heavy atom. The van der Waals surface area contributed by atoms with Gasteiger partial charge in [0.05, 0.1) is 0 Å². The van der Waals surface area contributed by atoms with Gasteiger partial charge in [0.15, 0.2) is 0 Å². The molecule has 0 rings (SSSR count). The lowest BCUT2D eigenvalue weighted by molar-refractivity contribution is 0.0403. The van der Waals surface area contributed by atoms with Crippen LogP contribution in [0.3, 0.4) is 0 Å². The molecule has 1 atom stereocenters. The van der Waals surface area contributed by atoms with E-state index >= 15 is 0 Å². The van der Waals surface area contributed by atoms with Crippen molar-refractivity contribution in [2.45, 2.75) is 109 Å². The predicted octanol–water partition coefficient (Wildman–Crippen LogP) is 7.03. The standard InChI is InChI=1S/C23H42O4/c1-2-3-4-5-6-7-8-9-10-11-12-13-14-15-16-17-19-22(20-18-21-24)27-23(25)26/h6-7,9-10,22,24H,2-5,8,11-21H2,1H3,(H,25,26). The smallest absolute Gasteiger partial charge is 0.450 e. The van der Waals surface area contributed by atoms with E-state index in [-0.39, 0.29) is 12.7 Å². The first kappa shape index (κ1) is 25.7. The van der Waals surface area contributed by atoms with E-state index in [4.69, 9.17) is 14.9 Å². The Morgan fingerprint density at radius 1 is 0.815 bits per heavy atom. The first-order valence-electron chi connectivity index (χ1n) is 11.0. The Bertz CT molecular complexity index is 377. The number of ether oxygens (including phenoxy) is 1. The first-order valence-corrected chi connectivity index (χ1v) is 11.0. The number of hydrogen-bond donors (Lipinski definition) is 2. The van der Waals surface area contributed by atoms with Crippen LogP contribution in [0.4, 0.5) is 4.79 Å². The molecule has 1 unspecified atom stereocenters. The van der Waals surface area contributed by atoms with Crippen LogP contribution in [0.25, 0.3) is 0 Å². The minimum atomic E-state index is -1.21. The summed E-state index contributed by atoms with van der Waals surface area (Å²) in [7, 11) is 0. The van der Waals surface area contributed by atoms with Gasteiger partial charge in [0.2, 0.25) is 0 Å². The van der Waals surface area contributed by atoms with Gasteiger partial charge in [0, 0.05) is 6.61 Å². The molecule has 0 aromatic heterocycles. The molecule has 0 aromatic carbocycles. The van der Waals surface area contributed by atoms with Crippen LogP contribution in [0, 0.1) is 0 Å². The Balaban J connectivity index is 3.45. The summed E-state index contributed by atoms with van der Waals surface area (Å²) in [6.07, 6.45) is 24.1. The second-order valence-corrected chi connectivity index (χ2v) is 7.24. The highest BCUT2D eigenvalue weighted by Gasteiger charge is 2.12. The number of carbonyl (C=O) groups is 1. The minimum Gasteiger partial charge on any atom is -0.450 e. The fourth-order valence-corrected chi connectivity index (χ4v) is 3.08. The zero-order chi connectivity index (χ0) is 20.0. The van der Waals surface area contributed by atoms with Crippen LogP contribution in [0.1, 0.15) is 103 Å². The van der Waals surface area contributed by atoms with Gasteiger partial charge in [-0.2, -0.15) is 0 Å². The van der Waals surface area contributed by atoms with Crippen LogP contribution < -0.4 is 0 Å². The maximum atomic E-state index is 10.7. The van der Waals surface area contributed by atoms with Gasteiger partial charge >= 0.3 is 6.16 Å². The van der Waals surface area contributed by atoms with Gasteiger partial charge in [-0.15, -0.1) is 0 Å². The fraction of sp³-hybridized carbons (Fsp3) is 0.783. The first-order chi connectivity index (χ1) is 13.2. The van der Waals surface area contributed by atoms with Crippen molar-refractivity contribution < 1.29 is 19.7 Å². The van der Waals surface area contributed by atoms with Crippen LogP contribution >= 0.6 is 0 Å². The molecule has 0 heterocycles. The lowest BCUT2D eigenvalue weighted by Crippen LogP contribution is -2.17. The molecular weight excluding hydrogens is 340 g/mol. The number of carboxylic acid groups (broad SMARTS) is 1. The second kappa shape index (κ2) is 21.0. The van der Waals surface area contributed by atoms with Gasteiger partial charge < -0.3 is 14.9 Å². The van der Waals surface area contributed by atoms with Crippen molar-refractivity contribution in [3.05, 3.63) is 24.3 Å². The number of hydrogen-bond acceptors (Lipinski definition) is 3. The third-order valence-electron chi connectivity index (χ3n) is 4.68. The minimum absolute atomic E-state index is 0.0865. The van der Waals surface area contributed by atoms with Gasteiger partial charge in [-0.25, -0.2) is 4.79 Å². The lowest BCUT2D eigenvalue weighted by Gasteiger charge is -2.15. The molecule has 0 amide bonds. The summed E-state index contributed by atoms with van der Waals surface area (Å²) in [5, 5.41) is 17.6. The van der Waals surface area contributed by atoms with Crippen molar-refractivity contribution in [3.8, 4) is 0 Å². The number of rotatable bonds is 19. The summed E-state index contributed by atoms with van der Waals surface area (Å²) in [5.41, 5.74) is 0. The third kappa shape index (κ3) is 20.9. The van der Waals surface area contributed by atoms with Gasteiger partial charge in [0.25, 0.3) is 0 Å². The molecule has 158 valence electrons. The van der Waals surface area contributed by atoms with E-state index in [9.17, 15) is 4.79 Å². The fourth-order valence-electron chi connectivity index (χ4n) is 3.08. The molecule has 0 aromatic rings. The highest BCUT2D eigenvalue weighted by atomic mass is 16.7. The number of aliphatic hydroxyl groups is 1. The Labute approximate surface area is 166 Å². The van der Waals surface area contributed by atoms with Crippen LogP contribution in [-0.2, 0) is 4.74 Å². The van der Waals surface area contributed by atoms with E-state index in [1.807, 2.05) is 0 Å². The van der Waals surface area contributed by atoms with E-state index in [1.54, 1.807) is 0 Å². The molecule has 4 nitrogen and oxygen atoms in total.